The second-order valence-electron chi connectivity index (χ2n) is 11.1. The Morgan fingerprint density at radius 1 is 1.21 bits per heavy atom. The molecule has 2 saturated carbocycles. The molecule has 0 radical (unpaired) electrons. The van der Waals surface area contributed by atoms with Crippen LogP contribution in [0.4, 0.5) is 10.5 Å². The highest BCUT2D eigenvalue weighted by Crippen LogP contribution is 2.69. The first kappa shape index (κ1) is 20.4. The number of aliphatic hydroxyl groups excluding tert-OH is 1. The Bertz CT molecular complexity index is 828. The number of rotatable bonds is 3. The van der Waals surface area contributed by atoms with Crippen molar-refractivity contribution in [3.8, 4) is 0 Å². The number of benzene rings is 1. The molecule has 1 saturated heterocycles. The van der Waals surface area contributed by atoms with Gasteiger partial charge in [0.2, 0.25) is 5.91 Å². The van der Waals surface area contributed by atoms with Gasteiger partial charge in [-0.2, -0.15) is 0 Å². The number of aliphatic hydroxyl groups is 1. The SMILES string of the molecule is CC(C)(C)[C@@H](O)CC(=O)N1C(=O)N(c2ccccc2)[C@@H]2[C@H]3CC[C@@](C)([C@@H]21)C3(C)C. The van der Waals surface area contributed by atoms with Gasteiger partial charge in [-0.3, -0.25) is 14.6 Å². The van der Waals surface area contributed by atoms with Crippen LogP contribution >= 0.6 is 0 Å². The third kappa shape index (κ3) is 2.69. The summed E-state index contributed by atoms with van der Waals surface area (Å²) in [6.45, 7) is 12.6. The molecule has 1 aromatic rings. The summed E-state index contributed by atoms with van der Waals surface area (Å²) in [6, 6.07) is 9.33. The maximum Gasteiger partial charge on any atom is 0.331 e. The molecule has 1 aromatic carbocycles. The normalized spacial score (nSPS) is 33.9. The Balaban J connectivity index is 1.76. The van der Waals surface area contributed by atoms with Crippen molar-refractivity contribution in [2.45, 2.75) is 79.0 Å². The van der Waals surface area contributed by atoms with E-state index in [9.17, 15) is 14.7 Å². The summed E-state index contributed by atoms with van der Waals surface area (Å²) in [7, 11) is 0. The molecule has 0 aromatic heterocycles. The highest BCUT2D eigenvalue weighted by molar-refractivity contribution is 6.06. The third-order valence-corrected chi connectivity index (χ3v) is 8.42. The molecule has 158 valence electrons. The van der Waals surface area contributed by atoms with Crippen molar-refractivity contribution in [3.05, 3.63) is 30.3 Å². The number of anilines is 1. The van der Waals surface area contributed by atoms with Crippen LogP contribution < -0.4 is 4.90 Å². The molecule has 3 aliphatic rings. The first-order chi connectivity index (χ1) is 13.4. The van der Waals surface area contributed by atoms with Crippen molar-refractivity contribution in [2.75, 3.05) is 4.90 Å². The van der Waals surface area contributed by atoms with E-state index >= 15 is 0 Å². The molecule has 0 spiro atoms. The standard InChI is InChI=1S/C24H34N2O3/c1-22(2,3)17(27)14-18(28)26-20-19(16-12-13-24(20,6)23(16,4)5)25(21(26)29)15-10-8-7-9-11-15/h7-11,16-17,19-20,27H,12-14H2,1-6H3/t16-,17+,19-,20-,24+/m1/s1. The van der Waals surface area contributed by atoms with E-state index in [4.69, 9.17) is 0 Å². The van der Waals surface area contributed by atoms with Gasteiger partial charge in [0.25, 0.3) is 0 Å². The van der Waals surface area contributed by atoms with Crippen molar-refractivity contribution < 1.29 is 14.7 Å². The first-order valence-corrected chi connectivity index (χ1v) is 10.8. The van der Waals surface area contributed by atoms with Gasteiger partial charge in [0.15, 0.2) is 0 Å². The molecule has 0 unspecified atom stereocenters. The summed E-state index contributed by atoms with van der Waals surface area (Å²) in [5, 5.41) is 10.6. The summed E-state index contributed by atoms with van der Waals surface area (Å²) >= 11 is 0. The molecule has 2 aliphatic carbocycles. The highest BCUT2D eigenvalue weighted by Gasteiger charge is 2.73. The zero-order chi connectivity index (χ0) is 21.4. The van der Waals surface area contributed by atoms with E-state index in [2.05, 4.69) is 20.8 Å². The molecular weight excluding hydrogens is 364 g/mol. The van der Waals surface area contributed by atoms with E-state index < -0.39 is 11.5 Å². The summed E-state index contributed by atoms with van der Waals surface area (Å²) < 4.78 is 0. The molecular formula is C24H34N2O3. The van der Waals surface area contributed by atoms with Gasteiger partial charge >= 0.3 is 6.03 Å². The number of amides is 3. The number of urea groups is 1. The number of carbonyl (C=O) groups excluding carboxylic acids is 2. The largest absolute Gasteiger partial charge is 0.392 e. The van der Waals surface area contributed by atoms with Crippen LogP contribution in [0.3, 0.4) is 0 Å². The van der Waals surface area contributed by atoms with Crippen LogP contribution in [0.2, 0.25) is 0 Å². The van der Waals surface area contributed by atoms with Crippen LogP contribution in [0.15, 0.2) is 30.3 Å². The number of hydrogen-bond acceptors (Lipinski definition) is 3. The number of para-hydroxylation sites is 1. The van der Waals surface area contributed by atoms with Gasteiger partial charge in [0.1, 0.15) is 0 Å². The lowest BCUT2D eigenvalue weighted by atomic mass is 9.69. The van der Waals surface area contributed by atoms with Crippen LogP contribution in [0, 0.1) is 22.2 Å². The minimum Gasteiger partial charge on any atom is -0.392 e. The molecule has 3 fully saturated rings. The lowest BCUT2D eigenvalue weighted by molar-refractivity contribution is -0.135. The Morgan fingerprint density at radius 2 is 1.83 bits per heavy atom. The Morgan fingerprint density at radius 3 is 2.41 bits per heavy atom. The number of hydrogen-bond donors (Lipinski definition) is 1. The molecule has 2 bridgehead atoms. The molecule has 5 atom stereocenters. The van der Waals surface area contributed by atoms with Crippen LogP contribution in [0.5, 0.6) is 0 Å². The Labute approximate surface area is 174 Å². The van der Waals surface area contributed by atoms with Crippen LogP contribution in [-0.4, -0.2) is 40.1 Å². The van der Waals surface area contributed by atoms with Crippen molar-refractivity contribution in [1.29, 1.82) is 0 Å². The summed E-state index contributed by atoms with van der Waals surface area (Å²) in [6.07, 6.45) is 1.29. The topological polar surface area (TPSA) is 60.9 Å². The Kier molecular flexibility index (Phi) is 4.44. The number of nitrogens with zero attached hydrogens (tertiary/aromatic N) is 2. The Hall–Kier alpha value is -1.88. The monoisotopic (exact) mass is 398 g/mol. The van der Waals surface area contributed by atoms with Gasteiger partial charge in [0.05, 0.1) is 24.6 Å². The van der Waals surface area contributed by atoms with Gasteiger partial charge in [-0.1, -0.05) is 59.7 Å². The van der Waals surface area contributed by atoms with Crippen LogP contribution in [0.25, 0.3) is 0 Å². The fraction of sp³-hybridized carbons (Fsp3) is 0.667. The van der Waals surface area contributed by atoms with Crippen molar-refractivity contribution in [1.82, 2.24) is 4.90 Å². The van der Waals surface area contributed by atoms with E-state index in [0.29, 0.717) is 5.92 Å². The van der Waals surface area contributed by atoms with E-state index in [1.165, 1.54) is 4.90 Å². The lowest BCUT2D eigenvalue weighted by Gasteiger charge is -2.41. The maximum atomic E-state index is 13.6. The van der Waals surface area contributed by atoms with Crippen LogP contribution in [0.1, 0.15) is 60.8 Å². The van der Waals surface area contributed by atoms with E-state index in [-0.39, 0.29) is 41.3 Å². The van der Waals surface area contributed by atoms with Crippen molar-refractivity contribution >= 4 is 17.6 Å². The second kappa shape index (κ2) is 6.31. The molecule has 4 rings (SSSR count). The number of fused-ring (bicyclic) bond motifs is 5. The van der Waals surface area contributed by atoms with Crippen LogP contribution in [-0.2, 0) is 4.79 Å². The van der Waals surface area contributed by atoms with Gasteiger partial charge in [0, 0.05) is 5.69 Å². The molecule has 5 heteroatoms. The van der Waals surface area contributed by atoms with Crippen molar-refractivity contribution in [2.24, 2.45) is 22.2 Å². The highest BCUT2D eigenvalue weighted by atomic mass is 16.3. The minimum atomic E-state index is -0.786. The maximum absolute atomic E-state index is 13.6. The van der Waals surface area contributed by atoms with Gasteiger partial charge in [-0.15, -0.1) is 0 Å². The fourth-order valence-electron chi connectivity index (χ4n) is 6.11. The summed E-state index contributed by atoms with van der Waals surface area (Å²) in [4.78, 5) is 30.4. The lowest BCUT2D eigenvalue weighted by Crippen LogP contribution is -2.51. The minimum absolute atomic E-state index is 0.00520. The van der Waals surface area contributed by atoms with Gasteiger partial charge in [-0.25, -0.2) is 4.79 Å². The molecule has 1 aliphatic heterocycles. The van der Waals surface area contributed by atoms with Gasteiger partial charge < -0.3 is 5.11 Å². The molecule has 1 heterocycles. The van der Waals surface area contributed by atoms with E-state index in [0.717, 1.165) is 18.5 Å². The smallest absolute Gasteiger partial charge is 0.331 e. The molecule has 1 N–H and O–H groups in total. The van der Waals surface area contributed by atoms with E-state index in [1.807, 2.05) is 56.0 Å². The summed E-state index contributed by atoms with van der Waals surface area (Å²) in [5.74, 6) is 0.0995. The zero-order valence-electron chi connectivity index (χ0n) is 18.5. The molecule has 29 heavy (non-hydrogen) atoms. The predicted molar refractivity (Wildman–Crippen MR) is 113 cm³/mol. The zero-order valence-corrected chi connectivity index (χ0v) is 18.5. The fourth-order valence-corrected chi connectivity index (χ4v) is 6.11. The summed E-state index contributed by atoms with van der Waals surface area (Å²) in [5.41, 5.74) is 0.363. The average Bonchev–Trinajstić information content (AvgIpc) is 3.12. The van der Waals surface area contributed by atoms with Crippen molar-refractivity contribution in [3.63, 3.8) is 0 Å². The second-order valence-corrected chi connectivity index (χ2v) is 11.1. The molecule has 3 amide bonds. The first-order valence-electron chi connectivity index (χ1n) is 10.8. The predicted octanol–water partition coefficient (Wildman–Crippen LogP) is 4.45. The third-order valence-electron chi connectivity index (χ3n) is 8.42. The van der Waals surface area contributed by atoms with Gasteiger partial charge in [-0.05, 0) is 47.1 Å². The van der Waals surface area contributed by atoms with E-state index in [1.54, 1.807) is 0 Å². The quantitative estimate of drug-likeness (QED) is 0.818. The number of carbonyl (C=O) groups is 2. The molecule has 5 nitrogen and oxygen atoms in total. The number of imide groups is 1. The average molecular weight is 399 g/mol.